The number of benzene rings is 1. The number of halogens is 1. The lowest BCUT2D eigenvalue weighted by atomic mass is 10.2. The minimum absolute atomic E-state index is 0.0406. The van der Waals surface area contributed by atoms with Gasteiger partial charge in [0, 0.05) is 17.6 Å². The summed E-state index contributed by atoms with van der Waals surface area (Å²) in [6.07, 6.45) is 0.978. The van der Waals surface area contributed by atoms with Gasteiger partial charge in [-0.3, -0.25) is 4.79 Å². The van der Waals surface area contributed by atoms with Crippen molar-refractivity contribution in [2.24, 2.45) is 0 Å². The molecule has 2 rings (SSSR count). The van der Waals surface area contributed by atoms with Crippen LogP contribution in [-0.2, 0) is 4.79 Å². The Morgan fingerprint density at radius 3 is 3.11 bits per heavy atom. The summed E-state index contributed by atoms with van der Waals surface area (Å²) in [5, 5.41) is 6.79. The Morgan fingerprint density at radius 2 is 2.44 bits per heavy atom. The SMILES string of the molecule is Cc1cc(Cl)ccc1OCC(=O)NC1CCNC1. The maximum absolute atomic E-state index is 11.7. The molecule has 1 aliphatic heterocycles. The highest BCUT2D eigenvalue weighted by molar-refractivity contribution is 6.30. The number of rotatable bonds is 4. The molecule has 0 aliphatic carbocycles. The molecular weight excluding hydrogens is 252 g/mol. The quantitative estimate of drug-likeness (QED) is 0.870. The van der Waals surface area contributed by atoms with E-state index in [0.717, 1.165) is 25.1 Å². The fourth-order valence-corrected chi connectivity index (χ4v) is 2.19. The molecule has 4 nitrogen and oxygen atoms in total. The Bertz CT molecular complexity index is 431. The molecule has 1 saturated heterocycles. The summed E-state index contributed by atoms with van der Waals surface area (Å²) in [4.78, 5) is 11.7. The molecule has 1 fully saturated rings. The Morgan fingerprint density at radius 1 is 1.61 bits per heavy atom. The second kappa shape index (κ2) is 6.07. The van der Waals surface area contributed by atoms with Crippen molar-refractivity contribution in [3.8, 4) is 5.75 Å². The van der Waals surface area contributed by atoms with Crippen molar-refractivity contribution in [2.75, 3.05) is 19.7 Å². The van der Waals surface area contributed by atoms with E-state index in [0.29, 0.717) is 10.8 Å². The van der Waals surface area contributed by atoms with Gasteiger partial charge in [0.05, 0.1) is 0 Å². The maximum Gasteiger partial charge on any atom is 0.258 e. The van der Waals surface area contributed by atoms with Gasteiger partial charge in [0.2, 0.25) is 0 Å². The van der Waals surface area contributed by atoms with Gasteiger partial charge < -0.3 is 15.4 Å². The van der Waals surface area contributed by atoms with E-state index in [4.69, 9.17) is 16.3 Å². The number of amides is 1. The van der Waals surface area contributed by atoms with E-state index in [1.807, 2.05) is 13.0 Å². The highest BCUT2D eigenvalue weighted by atomic mass is 35.5. The van der Waals surface area contributed by atoms with Crippen molar-refractivity contribution in [1.82, 2.24) is 10.6 Å². The first-order chi connectivity index (χ1) is 8.65. The van der Waals surface area contributed by atoms with Gasteiger partial charge in [-0.25, -0.2) is 0 Å². The molecule has 5 heteroatoms. The average molecular weight is 269 g/mol. The molecule has 0 saturated carbocycles. The fourth-order valence-electron chi connectivity index (χ4n) is 1.97. The molecule has 1 unspecified atom stereocenters. The van der Waals surface area contributed by atoms with Crippen LogP contribution in [0.2, 0.25) is 5.02 Å². The third-order valence-corrected chi connectivity index (χ3v) is 3.16. The summed E-state index contributed by atoms with van der Waals surface area (Å²) in [6.45, 7) is 3.74. The van der Waals surface area contributed by atoms with Crippen molar-refractivity contribution >= 4 is 17.5 Å². The van der Waals surface area contributed by atoms with Crippen LogP contribution >= 0.6 is 11.6 Å². The molecule has 1 heterocycles. The van der Waals surface area contributed by atoms with Crippen molar-refractivity contribution in [3.63, 3.8) is 0 Å². The minimum Gasteiger partial charge on any atom is -0.484 e. The van der Waals surface area contributed by atoms with E-state index < -0.39 is 0 Å². The lowest BCUT2D eigenvalue weighted by Gasteiger charge is -2.13. The van der Waals surface area contributed by atoms with Crippen LogP contribution in [0.15, 0.2) is 18.2 Å². The third kappa shape index (κ3) is 3.62. The highest BCUT2D eigenvalue weighted by Crippen LogP contribution is 2.21. The number of carbonyl (C=O) groups excluding carboxylic acids is 1. The minimum atomic E-state index is -0.0851. The normalized spacial score (nSPS) is 18.7. The molecule has 1 amide bonds. The monoisotopic (exact) mass is 268 g/mol. The largest absolute Gasteiger partial charge is 0.484 e. The smallest absolute Gasteiger partial charge is 0.258 e. The summed E-state index contributed by atoms with van der Waals surface area (Å²) in [6, 6.07) is 5.58. The molecule has 0 bridgehead atoms. The molecule has 0 radical (unpaired) electrons. The molecule has 0 aromatic heterocycles. The van der Waals surface area contributed by atoms with Gasteiger partial charge in [0.1, 0.15) is 5.75 Å². The van der Waals surface area contributed by atoms with E-state index >= 15 is 0 Å². The first-order valence-corrected chi connectivity index (χ1v) is 6.42. The van der Waals surface area contributed by atoms with Gasteiger partial charge in [0.15, 0.2) is 6.61 Å². The third-order valence-electron chi connectivity index (χ3n) is 2.92. The number of carbonyl (C=O) groups is 1. The molecule has 1 aromatic carbocycles. The van der Waals surface area contributed by atoms with Crippen LogP contribution in [0.4, 0.5) is 0 Å². The Labute approximate surface area is 112 Å². The van der Waals surface area contributed by atoms with Gasteiger partial charge in [-0.2, -0.15) is 0 Å². The van der Waals surface area contributed by atoms with Gasteiger partial charge in [-0.05, 0) is 43.7 Å². The zero-order valence-electron chi connectivity index (χ0n) is 10.3. The molecule has 1 aromatic rings. The Kier molecular flexibility index (Phi) is 4.44. The van der Waals surface area contributed by atoms with Crippen LogP contribution in [0.5, 0.6) is 5.75 Å². The van der Waals surface area contributed by atoms with Crippen LogP contribution < -0.4 is 15.4 Å². The van der Waals surface area contributed by atoms with Crippen molar-refractivity contribution in [2.45, 2.75) is 19.4 Å². The van der Waals surface area contributed by atoms with Crippen molar-refractivity contribution in [3.05, 3.63) is 28.8 Å². The number of hydrogen-bond acceptors (Lipinski definition) is 3. The second-order valence-electron chi connectivity index (χ2n) is 4.46. The van der Waals surface area contributed by atoms with Crippen LogP contribution in [0.25, 0.3) is 0 Å². The van der Waals surface area contributed by atoms with Gasteiger partial charge in [0.25, 0.3) is 5.91 Å². The molecule has 0 spiro atoms. The number of nitrogens with one attached hydrogen (secondary N) is 2. The van der Waals surface area contributed by atoms with Crippen LogP contribution in [-0.4, -0.2) is 31.6 Å². The summed E-state index contributed by atoms with van der Waals surface area (Å²) in [5.41, 5.74) is 0.929. The van der Waals surface area contributed by atoms with Gasteiger partial charge in [-0.1, -0.05) is 11.6 Å². The average Bonchev–Trinajstić information content (AvgIpc) is 2.80. The molecule has 18 heavy (non-hydrogen) atoms. The zero-order chi connectivity index (χ0) is 13.0. The lowest BCUT2D eigenvalue weighted by Crippen LogP contribution is -2.39. The van der Waals surface area contributed by atoms with E-state index in [2.05, 4.69) is 10.6 Å². The summed E-state index contributed by atoms with van der Waals surface area (Å²) >= 11 is 5.85. The topological polar surface area (TPSA) is 50.4 Å². The fraction of sp³-hybridized carbons (Fsp3) is 0.462. The van der Waals surface area contributed by atoms with E-state index in [1.165, 1.54) is 0 Å². The summed E-state index contributed by atoms with van der Waals surface area (Å²) in [5.74, 6) is 0.608. The molecule has 98 valence electrons. The summed E-state index contributed by atoms with van der Waals surface area (Å²) in [7, 11) is 0. The number of hydrogen-bond donors (Lipinski definition) is 2. The number of ether oxygens (including phenoxy) is 1. The highest BCUT2D eigenvalue weighted by Gasteiger charge is 2.16. The summed E-state index contributed by atoms with van der Waals surface area (Å²) < 4.78 is 5.47. The van der Waals surface area contributed by atoms with E-state index in [9.17, 15) is 4.79 Å². The predicted octanol–water partition coefficient (Wildman–Crippen LogP) is 1.51. The van der Waals surface area contributed by atoms with Crippen molar-refractivity contribution in [1.29, 1.82) is 0 Å². The maximum atomic E-state index is 11.7. The predicted molar refractivity (Wildman–Crippen MR) is 71.1 cm³/mol. The first-order valence-electron chi connectivity index (χ1n) is 6.04. The zero-order valence-corrected chi connectivity index (χ0v) is 11.1. The molecule has 2 N–H and O–H groups in total. The molecule has 1 aliphatic rings. The standard InChI is InChI=1S/C13H17ClN2O2/c1-9-6-10(14)2-3-12(9)18-8-13(17)16-11-4-5-15-7-11/h2-3,6,11,15H,4-5,7-8H2,1H3,(H,16,17). The first kappa shape index (κ1) is 13.2. The van der Waals surface area contributed by atoms with Gasteiger partial charge >= 0.3 is 0 Å². The lowest BCUT2D eigenvalue weighted by molar-refractivity contribution is -0.123. The van der Waals surface area contributed by atoms with Crippen LogP contribution in [0.1, 0.15) is 12.0 Å². The van der Waals surface area contributed by atoms with Gasteiger partial charge in [-0.15, -0.1) is 0 Å². The van der Waals surface area contributed by atoms with Crippen LogP contribution in [0.3, 0.4) is 0 Å². The Hall–Kier alpha value is -1.26. The van der Waals surface area contributed by atoms with Crippen LogP contribution in [0, 0.1) is 6.92 Å². The second-order valence-corrected chi connectivity index (χ2v) is 4.89. The van der Waals surface area contributed by atoms with E-state index in [1.54, 1.807) is 12.1 Å². The van der Waals surface area contributed by atoms with E-state index in [-0.39, 0.29) is 18.6 Å². The number of aryl methyl sites for hydroxylation is 1. The molecular formula is C13H17ClN2O2. The Balaban J connectivity index is 1.81. The van der Waals surface area contributed by atoms with Crippen molar-refractivity contribution < 1.29 is 9.53 Å². The molecule has 1 atom stereocenters.